The van der Waals surface area contributed by atoms with Crippen molar-refractivity contribution in [2.24, 2.45) is 0 Å². The molecule has 0 radical (unpaired) electrons. The Kier molecular flexibility index (Phi) is 5.73. The van der Waals surface area contributed by atoms with Gasteiger partial charge in [0.2, 0.25) is 0 Å². The van der Waals surface area contributed by atoms with Crippen LogP contribution in [-0.2, 0) is 5.75 Å². The second-order valence-electron chi connectivity index (χ2n) is 3.77. The van der Waals surface area contributed by atoms with E-state index in [1.807, 2.05) is 6.26 Å². The fraction of sp³-hybridized carbons (Fsp3) is 0.273. The van der Waals surface area contributed by atoms with Crippen LogP contribution >= 0.6 is 34.9 Å². The van der Waals surface area contributed by atoms with Crippen LogP contribution in [0.3, 0.4) is 0 Å². The Hall–Kier alpha value is -0.735. The van der Waals surface area contributed by atoms with Crippen molar-refractivity contribution < 1.29 is 14.8 Å². The summed E-state index contributed by atoms with van der Waals surface area (Å²) in [6.07, 6.45) is 1.96. The molecule has 2 rings (SSSR count). The molecule has 0 aliphatic rings. The SMILES string of the molecule is COc1ccc(B(O)O)c(CSc2nnc(SC)s2)c1. The van der Waals surface area contributed by atoms with Crippen LogP contribution < -0.4 is 10.2 Å². The summed E-state index contributed by atoms with van der Waals surface area (Å²) in [5, 5.41) is 26.9. The van der Waals surface area contributed by atoms with Gasteiger partial charge in [-0.2, -0.15) is 0 Å². The third-order valence-electron chi connectivity index (χ3n) is 2.54. The van der Waals surface area contributed by atoms with Crippen molar-refractivity contribution in [2.45, 2.75) is 14.4 Å². The predicted octanol–water partition coefficient (Wildman–Crippen LogP) is 1.24. The minimum absolute atomic E-state index is 0.480. The molecule has 0 spiro atoms. The Morgan fingerprint density at radius 2 is 2.05 bits per heavy atom. The van der Waals surface area contributed by atoms with Gasteiger partial charge in [0.1, 0.15) is 5.75 Å². The van der Waals surface area contributed by atoms with E-state index in [-0.39, 0.29) is 0 Å². The van der Waals surface area contributed by atoms with Crippen molar-refractivity contribution in [3.63, 3.8) is 0 Å². The first-order valence-corrected chi connectivity index (χ1v) is 8.70. The lowest BCUT2D eigenvalue weighted by Gasteiger charge is -2.09. The monoisotopic (exact) mass is 328 g/mol. The van der Waals surface area contributed by atoms with Gasteiger partial charge in [0.15, 0.2) is 8.68 Å². The van der Waals surface area contributed by atoms with E-state index in [1.165, 1.54) is 23.1 Å². The molecular weight excluding hydrogens is 315 g/mol. The molecule has 2 N–H and O–H groups in total. The van der Waals surface area contributed by atoms with Gasteiger partial charge in [-0.05, 0) is 29.4 Å². The quantitative estimate of drug-likeness (QED) is 0.610. The molecule has 0 aliphatic heterocycles. The van der Waals surface area contributed by atoms with Gasteiger partial charge in [-0.25, -0.2) is 0 Å². The zero-order chi connectivity index (χ0) is 14.5. The van der Waals surface area contributed by atoms with E-state index in [0.29, 0.717) is 17.0 Å². The van der Waals surface area contributed by atoms with Crippen molar-refractivity contribution in [3.05, 3.63) is 23.8 Å². The maximum Gasteiger partial charge on any atom is 0.488 e. The van der Waals surface area contributed by atoms with E-state index in [4.69, 9.17) is 4.74 Å². The summed E-state index contributed by atoms with van der Waals surface area (Å²) in [4.78, 5) is 0. The van der Waals surface area contributed by atoms with Gasteiger partial charge >= 0.3 is 7.12 Å². The van der Waals surface area contributed by atoms with Crippen molar-refractivity contribution in [2.75, 3.05) is 13.4 Å². The van der Waals surface area contributed by atoms with E-state index in [0.717, 1.165) is 14.2 Å². The fourth-order valence-corrected chi connectivity index (χ4v) is 4.00. The Morgan fingerprint density at radius 3 is 2.65 bits per heavy atom. The smallest absolute Gasteiger partial charge is 0.488 e. The molecule has 1 aromatic heterocycles. The number of methoxy groups -OCH3 is 1. The number of thioether (sulfide) groups is 2. The van der Waals surface area contributed by atoms with Gasteiger partial charge in [0.25, 0.3) is 0 Å². The van der Waals surface area contributed by atoms with Crippen LogP contribution in [-0.4, -0.2) is 40.7 Å². The van der Waals surface area contributed by atoms with Crippen LogP contribution in [0.25, 0.3) is 0 Å². The number of ether oxygens (including phenoxy) is 1. The van der Waals surface area contributed by atoms with Crippen LogP contribution in [0.15, 0.2) is 26.9 Å². The summed E-state index contributed by atoms with van der Waals surface area (Å²) in [5.74, 6) is 1.26. The first-order valence-electron chi connectivity index (χ1n) is 5.67. The summed E-state index contributed by atoms with van der Waals surface area (Å²) in [5.41, 5.74) is 1.29. The summed E-state index contributed by atoms with van der Waals surface area (Å²) in [7, 11) is 0.0873. The number of benzene rings is 1. The Balaban J connectivity index is 2.14. The summed E-state index contributed by atoms with van der Waals surface area (Å²) < 4.78 is 6.94. The zero-order valence-corrected chi connectivity index (χ0v) is 13.4. The number of hydrogen-bond acceptors (Lipinski definition) is 8. The van der Waals surface area contributed by atoms with Crippen molar-refractivity contribution in [1.82, 2.24) is 10.2 Å². The second-order valence-corrected chi connectivity index (χ2v) is 7.02. The first-order chi connectivity index (χ1) is 9.63. The van der Waals surface area contributed by atoms with E-state index in [2.05, 4.69) is 10.2 Å². The second kappa shape index (κ2) is 7.32. The highest BCUT2D eigenvalue weighted by Gasteiger charge is 2.17. The minimum atomic E-state index is -1.49. The van der Waals surface area contributed by atoms with Gasteiger partial charge in [0.05, 0.1) is 7.11 Å². The standard InChI is InChI=1S/C11H13BN2O3S3/c1-17-8-3-4-9(12(15)16)7(5-8)6-19-11-14-13-10(18-2)20-11/h3-5,15-16H,6H2,1-2H3. The Morgan fingerprint density at radius 1 is 1.30 bits per heavy atom. The van der Waals surface area contributed by atoms with Gasteiger partial charge in [-0.15, -0.1) is 10.2 Å². The lowest BCUT2D eigenvalue weighted by atomic mass is 9.77. The number of aromatic nitrogens is 2. The van der Waals surface area contributed by atoms with Gasteiger partial charge < -0.3 is 14.8 Å². The third kappa shape index (κ3) is 3.89. The van der Waals surface area contributed by atoms with Crippen molar-refractivity contribution >= 4 is 47.4 Å². The first kappa shape index (κ1) is 15.6. The highest BCUT2D eigenvalue weighted by Crippen LogP contribution is 2.29. The van der Waals surface area contributed by atoms with Crippen molar-refractivity contribution in [1.29, 1.82) is 0 Å². The summed E-state index contributed by atoms with van der Waals surface area (Å²) in [6.45, 7) is 0. The number of rotatable bonds is 6. The lowest BCUT2D eigenvalue weighted by molar-refractivity contribution is 0.413. The molecule has 2 aromatic rings. The Labute approximate surface area is 129 Å². The average molecular weight is 328 g/mol. The number of hydrogen-bond donors (Lipinski definition) is 2. The van der Waals surface area contributed by atoms with Crippen molar-refractivity contribution in [3.8, 4) is 5.75 Å². The molecule has 0 fully saturated rings. The largest absolute Gasteiger partial charge is 0.497 e. The third-order valence-corrected chi connectivity index (χ3v) is 5.62. The molecule has 9 heteroatoms. The minimum Gasteiger partial charge on any atom is -0.497 e. The van der Waals surface area contributed by atoms with Gasteiger partial charge in [-0.3, -0.25) is 0 Å². The molecule has 0 bridgehead atoms. The average Bonchev–Trinajstić information content (AvgIpc) is 2.92. The van der Waals surface area contributed by atoms with E-state index in [1.54, 1.807) is 37.1 Å². The fourth-order valence-electron chi connectivity index (χ4n) is 1.56. The molecule has 106 valence electrons. The molecule has 0 saturated heterocycles. The lowest BCUT2D eigenvalue weighted by Crippen LogP contribution is -2.32. The van der Waals surface area contributed by atoms with E-state index in [9.17, 15) is 10.0 Å². The highest BCUT2D eigenvalue weighted by molar-refractivity contribution is 8.02. The summed E-state index contributed by atoms with van der Waals surface area (Å²) >= 11 is 4.60. The van der Waals surface area contributed by atoms with Crippen LogP contribution in [0.5, 0.6) is 5.75 Å². The molecule has 0 unspecified atom stereocenters. The molecule has 20 heavy (non-hydrogen) atoms. The normalized spacial score (nSPS) is 10.6. The molecule has 5 nitrogen and oxygen atoms in total. The molecule has 0 amide bonds. The topological polar surface area (TPSA) is 75.5 Å². The molecule has 0 atom stereocenters. The zero-order valence-electron chi connectivity index (χ0n) is 10.9. The van der Waals surface area contributed by atoms with Crippen LogP contribution in [0.4, 0.5) is 0 Å². The molecule has 1 heterocycles. The van der Waals surface area contributed by atoms with Crippen LogP contribution in [0.1, 0.15) is 5.56 Å². The van der Waals surface area contributed by atoms with Crippen LogP contribution in [0.2, 0.25) is 0 Å². The summed E-state index contributed by atoms with van der Waals surface area (Å²) in [6, 6.07) is 5.17. The number of nitrogens with zero attached hydrogens (tertiary/aromatic N) is 2. The van der Waals surface area contributed by atoms with Gasteiger partial charge in [-0.1, -0.05) is 40.9 Å². The molecule has 0 aliphatic carbocycles. The predicted molar refractivity (Wildman–Crippen MR) is 84.1 cm³/mol. The highest BCUT2D eigenvalue weighted by atomic mass is 32.2. The molecule has 1 aromatic carbocycles. The maximum atomic E-state index is 9.38. The van der Waals surface area contributed by atoms with E-state index >= 15 is 0 Å². The molecule has 0 saturated carbocycles. The maximum absolute atomic E-state index is 9.38. The van der Waals surface area contributed by atoms with Gasteiger partial charge in [0, 0.05) is 5.75 Å². The van der Waals surface area contributed by atoms with Crippen LogP contribution in [0, 0.1) is 0 Å². The Bertz CT molecular complexity index is 580. The van der Waals surface area contributed by atoms with E-state index < -0.39 is 7.12 Å². The molecular formula is C11H13BN2O3S3.